The van der Waals surface area contributed by atoms with Crippen molar-refractivity contribution in [2.75, 3.05) is 0 Å². The van der Waals surface area contributed by atoms with Crippen LogP contribution in [0.3, 0.4) is 0 Å². The van der Waals surface area contributed by atoms with Crippen molar-refractivity contribution in [2.45, 2.75) is 50.5 Å². The average molecular weight is 518 g/mol. The number of benzene rings is 2. The molecule has 1 saturated carbocycles. The van der Waals surface area contributed by atoms with Crippen LogP contribution in [0.5, 0.6) is 0 Å². The molecule has 2 aromatic carbocycles. The number of nitrogens with zero attached hydrogens (tertiary/aromatic N) is 2. The number of nitrogens with one attached hydrogen (secondary N) is 1. The topological polar surface area (TPSA) is 105 Å². The maximum atomic E-state index is 12.6. The molecule has 2 aromatic heterocycles. The van der Waals surface area contributed by atoms with Crippen LogP contribution in [-0.2, 0) is 10.3 Å². The second kappa shape index (κ2) is 9.10. The molecule has 2 heterocycles. The lowest BCUT2D eigenvalue weighted by atomic mass is 9.67. The SMILES string of the molecule is CC(C)(C)OC(=O)NC1(c2ccc(-c3nc4ccnc(Cl)c4cc3-c3ccccc3)cc2)CC(O)(O)C1. The number of carbonyl (C=O) groups is 1. The predicted octanol–water partition coefficient (Wildman–Crippen LogP) is 5.81. The summed E-state index contributed by atoms with van der Waals surface area (Å²) in [7, 11) is 0. The Kier molecular flexibility index (Phi) is 6.18. The molecule has 0 radical (unpaired) electrons. The molecule has 0 atom stereocenters. The summed E-state index contributed by atoms with van der Waals surface area (Å²) in [5.74, 6) is -1.86. The minimum absolute atomic E-state index is 0.0480. The van der Waals surface area contributed by atoms with E-state index in [9.17, 15) is 15.0 Å². The van der Waals surface area contributed by atoms with E-state index in [0.717, 1.165) is 38.9 Å². The van der Waals surface area contributed by atoms with Crippen LogP contribution in [0.4, 0.5) is 4.79 Å². The first-order chi connectivity index (χ1) is 17.4. The lowest BCUT2D eigenvalue weighted by molar-refractivity contribution is -0.249. The molecule has 37 heavy (non-hydrogen) atoms. The van der Waals surface area contributed by atoms with Gasteiger partial charge in [0, 0.05) is 35.6 Å². The standard InChI is InChI=1S/C29H28ClN3O4/c1-27(2,3)37-26(34)33-28(16-29(35,36)17-28)20-11-9-19(10-12-20)24-21(18-7-5-4-6-8-18)15-22-23(32-24)13-14-31-25(22)30/h4-15,35-36H,16-17H2,1-3H3,(H,33,34). The molecule has 3 N–H and O–H groups in total. The van der Waals surface area contributed by atoms with Gasteiger partial charge in [0.2, 0.25) is 0 Å². The first kappa shape index (κ1) is 25.1. The van der Waals surface area contributed by atoms with Crippen molar-refractivity contribution in [2.24, 2.45) is 0 Å². The third-order valence-corrected chi connectivity index (χ3v) is 6.70. The van der Waals surface area contributed by atoms with E-state index in [1.54, 1.807) is 27.0 Å². The summed E-state index contributed by atoms with van der Waals surface area (Å²) in [4.78, 5) is 21.7. The first-order valence-electron chi connectivity index (χ1n) is 12.0. The number of halogens is 1. The highest BCUT2D eigenvalue weighted by Gasteiger charge is 2.55. The van der Waals surface area contributed by atoms with Crippen LogP contribution >= 0.6 is 11.6 Å². The van der Waals surface area contributed by atoms with E-state index >= 15 is 0 Å². The Morgan fingerprint density at radius 1 is 1.00 bits per heavy atom. The van der Waals surface area contributed by atoms with Gasteiger partial charge in [-0.3, -0.25) is 0 Å². The number of hydrogen-bond donors (Lipinski definition) is 3. The zero-order chi connectivity index (χ0) is 26.4. The van der Waals surface area contributed by atoms with Crippen LogP contribution in [0.1, 0.15) is 39.2 Å². The Hall–Kier alpha value is -3.52. The summed E-state index contributed by atoms with van der Waals surface area (Å²) in [5, 5.41) is 24.2. The highest BCUT2D eigenvalue weighted by Crippen LogP contribution is 2.47. The van der Waals surface area contributed by atoms with Crippen LogP contribution in [0, 0.1) is 0 Å². The van der Waals surface area contributed by atoms with Gasteiger partial charge in [-0.25, -0.2) is 14.8 Å². The largest absolute Gasteiger partial charge is 0.444 e. The minimum Gasteiger partial charge on any atom is -0.444 e. The summed E-state index contributed by atoms with van der Waals surface area (Å²) >= 11 is 6.38. The number of alkyl carbamates (subject to hydrolysis) is 1. The number of ether oxygens (including phenoxy) is 1. The molecule has 1 aliphatic carbocycles. The molecular weight excluding hydrogens is 490 g/mol. The molecule has 1 amide bonds. The molecule has 0 bridgehead atoms. The maximum absolute atomic E-state index is 12.6. The van der Waals surface area contributed by atoms with Gasteiger partial charge in [-0.2, -0.15) is 0 Å². The number of rotatable bonds is 4. The van der Waals surface area contributed by atoms with Crippen LogP contribution in [-0.4, -0.2) is 37.7 Å². The van der Waals surface area contributed by atoms with Crippen molar-refractivity contribution in [3.63, 3.8) is 0 Å². The monoisotopic (exact) mass is 517 g/mol. The van der Waals surface area contributed by atoms with Crippen molar-refractivity contribution in [1.29, 1.82) is 0 Å². The molecule has 0 aliphatic heterocycles. The van der Waals surface area contributed by atoms with E-state index < -0.39 is 23.0 Å². The summed E-state index contributed by atoms with van der Waals surface area (Å²) in [6.07, 6.45) is 0.923. The van der Waals surface area contributed by atoms with E-state index in [4.69, 9.17) is 21.3 Å². The van der Waals surface area contributed by atoms with Crippen molar-refractivity contribution in [3.05, 3.63) is 83.6 Å². The Morgan fingerprint density at radius 3 is 2.30 bits per heavy atom. The Labute approximate surface area is 220 Å². The molecule has 5 rings (SSSR count). The normalized spacial score (nSPS) is 16.2. The second-order valence-electron chi connectivity index (χ2n) is 10.5. The fourth-order valence-corrected chi connectivity index (χ4v) is 5.05. The minimum atomic E-state index is -1.86. The van der Waals surface area contributed by atoms with Crippen LogP contribution < -0.4 is 5.32 Å². The van der Waals surface area contributed by atoms with E-state index in [1.807, 2.05) is 66.7 Å². The van der Waals surface area contributed by atoms with Gasteiger partial charge in [-0.1, -0.05) is 66.2 Å². The number of carbonyl (C=O) groups excluding carboxylic acids is 1. The summed E-state index contributed by atoms with van der Waals surface area (Å²) in [6, 6.07) is 21.3. The predicted molar refractivity (Wildman–Crippen MR) is 143 cm³/mol. The maximum Gasteiger partial charge on any atom is 0.408 e. The quantitative estimate of drug-likeness (QED) is 0.233. The van der Waals surface area contributed by atoms with E-state index in [0.29, 0.717) is 5.15 Å². The first-order valence-corrected chi connectivity index (χ1v) is 12.4. The second-order valence-corrected chi connectivity index (χ2v) is 10.9. The van der Waals surface area contributed by atoms with Crippen molar-refractivity contribution < 1.29 is 19.7 Å². The summed E-state index contributed by atoms with van der Waals surface area (Å²) in [6.45, 7) is 5.34. The highest BCUT2D eigenvalue weighted by molar-refractivity contribution is 6.34. The molecular formula is C29H28ClN3O4. The molecule has 4 aromatic rings. The number of fused-ring (bicyclic) bond motifs is 1. The van der Waals surface area contributed by atoms with Gasteiger partial charge < -0.3 is 20.3 Å². The van der Waals surface area contributed by atoms with Gasteiger partial charge in [0.15, 0.2) is 5.79 Å². The van der Waals surface area contributed by atoms with Gasteiger partial charge >= 0.3 is 6.09 Å². The Morgan fingerprint density at radius 2 is 1.68 bits per heavy atom. The van der Waals surface area contributed by atoms with Gasteiger partial charge in [-0.15, -0.1) is 0 Å². The fraction of sp³-hybridized carbons (Fsp3) is 0.276. The zero-order valence-electron chi connectivity index (χ0n) is 20.8. The van der Waals surface area contributed by atoms with Crippen LogP contribution in [0.2, 0.25) is 5.15 Å². The summed E-state index contributed by atoms with van der Waals surface area (Å²) < 4.78 is 5.43. The third-order valence-electron chi connectivity index (χ3n) is 6.40. The molecule has 0 spiro atoms. The molecule has 0 unspecified atom stereocenters. The lowest BCUT2D eigenvalue weighted by Gasteiger charge is -2.50. The molecule has 7 nitrogen and oxygen atoms in total. The molecule has 1 aliphatic rings. The van der Waals surface area contributed by atoms with E-state index in [2.05, 4.69) is 10.3 Å². The van der Waals surface area contributed by atoms with E-state index in [1.165, 1.54) is 0 Å². The number of aromatic nitrogens is 2. The molecule has 190 valence electrons. The van der Waals surface area contributed by atoms with Gasteiger partial charge in [0.25, 0.3) is 0 Å². The highest BCUT2D eigenvalue weighted by atomic mass is 35.5. The lowest BCUT2D eigenvalue weighted by Crippen LogP contribution is -2.63. The molecule has 8 heteroatoms. The number of pyridine rings is 2. The van der Waals surface area contributed by atoms with Crippen LogP contribution in [0.15, 0.2) is 72.9 Å². The Bertz CT molecular complexity index is 1460. The smallest absolute Gasteiger partial charge is 0.408 e. The van der Waals surface area contributed by atoms with Crippen molar-refractivity contribution >= 4 is 28.6 Å². The molecule has 0 saturated heterocycles. The Balaban J connectivity index is 1.55. The number of hydrogen-bond acceptors (Lipinski definition) is 6. The van der Waals surface area contributed by atoms with E-state index in [-0.39, 0.29) is 12.8 Å². The average Bonchev–Trinajstić information content (AvgIpc) is 2.82. The van der Waals surface area contributed by atoms with Crippen molar-refractivity contribution in [3.8, 4) is 22.4 Å². The van der Waals surface area contributed by atoms with Gasteiger partial charge in [0.1, 0.15) is 10.8 Å². The zero-order valence-corrected chi connectivity index (χ0v) is 21.6. The third kappa shape index (κ3) is 5.16. The number of amides is 1. The fourth-order valence-electron chi connectivity index (χ4n) is 4.85. The van der Waals surface area contributed by atoms with Crippen LogP contribution in [0.25, 0.3) is 33.3 Å². The van der Waals surface area contributed by atoms with Gasteiger partial charge in [-0.05, 0) is 44.0 Å². The number of aliphatic hydroxyl groups is 2. The summed E-state index contributed by atoms with van der Waals surface area (Å²) in [5.41, 5.74) is 3.37. The molecule has 1 fully saturated rings. The van der Waals surface area contributed by atoms with Gasteiger partial charge in [0.05, 0.1) is 16.7 Å². The van der Waals surface area contributed by atoms with Crippen molar-refractivity contribution in [1.82, 2.24) is 15.3 Å².